The first-order chi connectivity index (χ1) is 8.59. The molecule has 0 aromatic heterocycles. The Balaban J connectivity index is 2.49. The van der Waals surface area contributed by atoms with Gasteiger partial charge in [0.1, 0.15) is 0 Å². The molecule has 0 radical (unpaired) electrons. The Morgan fingerprint density at radius 2 is 1.61 bits per heavy atom. The van der Waals surface area contributed by atoms with Crippen molar-refractivity contribution in [3.05, 3.63) is 54.1 Å². The zero-order chi connectivity index (χ0) is 13.1. The molecule has 0 spiro atoms. The van der Waals surface area contributed by atoms with Crippen molar-refractivity contribution in [1.29, 1.82) is 0 Å². The number of carbonyl (C=O) groups is 1. The highest BCUT2D eigenvalue weighted by Crippen LogP contribution is 2.25. The van der Waals surface area contributed by atoms with Crippen molar-refractivity contribution >= 4 is 19.3 Å². The van der Waals surface area contributed by atoms with Crippen LogP contribution in [0.3, 0.4) is 0 Å². The molecule has 4 nitrogen and oxygen atoms in total. The van der Waals surface area contributed by atoms with E-state index in [1.54, 1.807) is 36.4 Å². The molecule has 2 aromatic carbocycles. The first-order valence-electron chi connectivity index (χ1n) is 5.25. The second-order valence-electron chi connectivity index (χ2n) is 3.73. The molecule has 92 valence electrons. The van der Waals surface area contributed by atoms with Crippen molar-refractivity contribution in [1.82, 2.24) is 0 Å². The Kier molecular flexibility index (Phi) is 3.60. The molecular weight excluding hydrogens is 251 g/mol. The summed E-state index contributed by atoms with van der Waals surface area (Å²) in [5, 5.41) is 9.18. The van der Waals surface area contributed by atoms with Crippen molar-refractivity contribution in [3.63, 3.8) is 0 Å². The lowest BCUT2D eigenvalue weighted by Crippen LogP contribution is -2.01. The molecule has 0 heterocycles. The van der Waals surface area contributed by atoms with Gasteiger partial charge in [-0.3, -0.25) is 4.57 Å². The number of hydrogen-bond donors (Lipinski definition) is 2. The van der Waals surface area contributed by atoms with Gasteiger partial charge in [0.15, 0.2) is 0 Å². The second kappa shape index (κ2) is 5.17. The number of hydrogen-bond acceptors (Lipinski definition) is 2. The Bertz CT molecular complexity index is 605. The van der Waals surface area contributed by atoms with Gasteiger partial charge in [-0.25, -0.2) is 4.79 Å². The first kappa shape index (κ1) is 12.6. The van der Waals surface area contributed by atoms with Crippen molar-refractivity contribution < 1.29 is 19.4 Å². The van der Waals surface area contributed by atoms with Gasteiger partial charge in [0, 0.05) is 5.30 Å². The van der Waals surface area contributed by atoms with E-state index in [-0.39, 0.29) is 5.56 Å². The van der Waals surface area contributed by atoms with Gasteiger partial charge in [0.2, 0.25) is 8.03 Å². The maximum atomic E-state index is 11.3. The van der Waals surface area contributed by atoms with Crippen LogP contribution in [0.1, 0.15) is 10.4 Å². The molecule has 0 amide bonds. The van der Waals surface area contributed by atoms with Crippen LogP contribution in [-0.4, -0.2) is 16.0 Å². The highest BCUT2D eigenvalue weighted by molar-refractivity contribution is 7.47. The number of benzene rings is 2. The van der Waals surface area contributed by atoms with E-state index in [1.807, 2.05) is 0 Å². The molecule has 18 heavy (non-hydrogen) atoms. The lowest BCUT2D eigenvalue weighted by atomic mass is 10.0. The average Bonchev–Trinajstić information content (AvgIpc) is 2.39. The van der Waals surface area contributed by atoms with E-state index < -0.39 is 14.0 Å². The monoisotopic (exact) mass is 262 g/mol. The minimum atomic E-state index is -2.78. The lowest BCUT2D eigenvalue weighted by molar-refractivity contribution is 0.0697. The summed E-state index contributed by atoms with van der Waals surface area (Å²) in [7, 11) is -2.78. The maximum Gasteiger partial charge on any atom is 0.335 e. The first-order valence-corrected chi connectivity index (χ1v) is 6.61. The molecule has 2 rings (SSSR count). The molecule has 0 saturated carbocycles. The van der Waals surface area contributed by atoms with Crippen LogP contribution in [0.4, 0.5) is 0 Å². The Hall–Kier alpha value is -1.90. The van der Waals surface area contributed by atoms with Gasteiger partial charge in [0.25, 0.3) is 0 Å². The Morgan fingerprint density at radius 1 is 1.00 bits per heavy atom. The van der Waals surface area contributed by atoms with Gasteiger partial charge in [0.05, 0.1) is 5.56 Å². The fourth-order valence-corrected chi connectivity index (χ4v) is 2.41. The van der Waals surface area contributed by atoms with Crippen LogP contribution < -0.4 is 5.30 Å². The third-order valence-electron chi connectivity index (χ3n) is 2.60. The Labute approximate surface area is 104 Å². The fraction of sp³-hybridized carbons (Fsp3) is 0. The van der Waals surface area contributed by atoms with E-state index in [0.29, 0.717) is 10.9 Å². The van der Waals surface area contributed by atoms with Gasteiger partial charge >= 0.3 is 5.97 Å². The van der Waals surface area contributed by atoms with Crippen molar-refractivity contribution in [3.8, 4) is 11.1 Å². The molecule has 5 heteroatoms. The molecule has 0 saturated heterocycles. The van der Waals surface area contributed by atoms with Crippen molar-refractivity contribution in [2.45, 2.75) is 0 Å². The van der Waals surface area contributed by atoms with Crippen LogP contribution in [0, 0.1) is 0 Å². The SMILES string of the molecule is O=C(O)c1ccc(-c2ccccc2[PH](=O)O)cc1. The number of aromatic carboxylic acids is 1. The van der Waals surface area contributed by atoms with Crippen LogP contribution in [0.2, 0.25) is 0 Å². The predicted molar refractivity (Wildman–Crippen MR) is 69.7 cm³/mol. The molecular formula is C13H11O4P. The van der Waals surface area contributed by atoms with Crippen LogP contribution >= 0.6 is 8.03 Å². The highest BCUT2D eigenvalue weighted by atomic mass is 31.1. The maximum absolute atomic E-state index is 11.3. The largest absolute Gasteiger partial charge is 0.478 e. The fourth-order valence-electron chi connectivity index (χ4n) is 1.71. The number of rotatable bonds is 3. The van der Waals surface area contributed by atoms with Gasteiger partial charge in [-0.15, -0.1) is 0 Å². The van der Waals surface area contributed by atoms with E-state index in [1.165, 1.54) is 12.1 Å². The van der Waals surface area contributed by atoms with E-state index in [0.717, 1.165) is 5.56 Å². The van der Waals surface area contributed by atoms with E-state index in [4.69, 9.17) is 5.11 Å². The third-order valence-corrected chi connectivity index (χ3v) is 3.50. The average molecular weight is 262 g/mol. The molecule has 1 atom stereocenters. The van der Waals surface area contributed by atoms with Crippen molar-refractivity contribution in [2.75, 3.05) is 0 Å². The van der Waals surface area contributed by atoms with Gasteiger partial charge < -0.3 is 10.00 Å². The third kappa shape index (κ3) is 2.50. The summed E-state index contributed by atoms with van der Waals surface area (Å²) in [6.07, 6.45) is 0. The number of carboxylic acid groups (broad SMARTS) is 1. The standard InChI is InChI=1S/C13H11O4P/c14-13(15)10-7-5-9(6-8-10)11-3-1-2-4-12(11)18(16)17/h1-8,18H,(H,14,15)(H,16,17). The van der Waals surface area contributed by atoms with E-state index >= 15 is 0 Å². The molecule has 2 aromatic rings. The Morgan fingerprint density at radius 3 is 2.17 bits per heavy atom. The summed E-state index contributed by atoms with van der Waals surface area (Å²) < 4.78 is 11.3. The zero-order valence-corrected chi connectivity index (χ0v) is 10.3. The molecule has 0 aliphatic rings. The van der Waals surface area contributed by atoms with Crippen LogP contribution in [0.15, 0.2) is 48.5 Å². The quantitative estimate of drug-likeness (QED) is 0.831. The van der Waals surface area contributed by atoms with E-state index in [2.05, 4.69) is 0 Å². The van der Waals surface area contributed by atoms with Crippen LogP contribution in [0.25, 0.3) is 11.1 Å². The summed E-state index contributed by atoms with van der Waals surface area (Å²) >= 11 is 0. The van der Waals surface area contributed by atoms with E-state index in [9.17, 15) is 14.3 Å². The number of carboxylic acids is 1. The summed E-state index contributed by atoms with van der Waals surface area (Å²) in [5.41, 5.74) is 1.57. The minimum absolute atomic E-state index is 0.188. The molecule has 2 N–H and O–H groups in total. The summed E-state index contributed by atoms with van der Waals surface area (Å²) in [5.74, 6) is -0.995. The topological polar surface area (TPSA) is 74.6 Å². The van der Waals surface area contributed by atoms with Gasteiger partial charge in [-0.2, -0.15) is 0 Å². The van der Waals surface area contributed by atoms with Gasteiger partial charge in [-0.1, -0.05) is 30.3 Å². The summed E-state index contributed by atoms with van der Waals surface area (Å²) in [4.78, 5) is 20.0. The highest BCUT2D eigenvalue weighted by Gasteiger charge is 2.09. The second-order valence-corrected chi connectivity index (χ2v) is 4.88. The summed E-state index contributed by atoms with van der Waals surface area (Å²) in [6, 6.07) is 13.0. The molecule has 0 aliphatic heterocycles. The van der Waals surface area contributed by atoms with Crippen LogP contribution in [-0.2, 0) is 4.57 Å². The molecule has 0 fully saturated rings. The molecule has 1 unspecified atom stereocenters. The predicted octanol–water partition coefficient (Wildman–Crippen LogP) is 2.14. The lowest BCUT2D eigenvalue weighted by Gasteiger charge is -2.07. The van der Waals surface area contributed by atoms with Crippen molar-refractivity contribution in [2.24, 2.45) is 0 Å². The van der Waals surface area contributed by atoms with Crippen LogP contribution in [0.5, 0.6) is 0 Å². The zero-order valence-electron chi connectivity index (χ0n) is 9.33. The normalized spacial score (nSPS) is 12.1. The molecule has 0 aliphatic carbocycles. The minimum Gasteiger partial charge on any atom is -0.478 e. The molecule has 0 bridgehead atoms. The summed E-state index contributed by atoms with van der Waals surface area (Å²) in [6.45, 7) is 0. The van der Waals surface area contributed by atoms with Gasteiger partial charge in [-0.05, 0) is 29.3 Å². The smallest absolute Gasteiger partial charge is 0.335 e.